The smallest absolute Gasteiger partial charge is 0.341 e. The number of fused-ring (bicyclic) bond motifs is 1. The van der Waals surface area contributed by atoms with Crippen LogP contribution in [0.4, 0.5) is 22.0 Å². The quantitative estimate of drug-likeness (QED) is 0.609. The van der Waals surface area contributed by atoms with Crippen molar-refractivity contribution in [2.45, 2.75) is 44.5 Å². The van der Waals surface area contributed by atoms with Crippen molar-refractivity contribution in [2.75, 3.05) is 0 Å². The number of amides is 1. The minimum absolute atomic E-state index is 0.395. The van der Waals surface area contributed by atoms with Crippen LogP contribution >= 0.6 is 0 Å². The molecule has 170 valence electrons. The van der Waals surface area contributed by atoms with Crippen LogP contribution in [-0.2, 0) is 25.7 Å². The zero-order valence-corrected chi connectivity index (χ0v) is 17.0. The van der Waals surface area contributed by atoms with Gasteiger partial charge in [0.15, 0.2) is 0 Å². The molecule has 1 atom stereocenters. The van der Waals surface area contributed by atoms with Crippen LogP contribution in [0, 0.1) is 0 Å². The third-order valence-corrected chi connectivity index (χ3v) is 5.06. The van der Waals surface area contributed by atoms with Gasteiger partial charge in [0.2, 0.25) is 5.82 Å². The molecule has 0 saturated heterocycles. The number of carbonyl (C=O) groups is 1. The van der Waals surface area contributed by atoms with Gasteiger partial charge in [-0.25, -0.2) is 4.68 Å². The monoisotopic (exact) mass is 455 g/mol. The lowest BCUT2D eigenvalue weighted by molar-refractivity contribution is -0.144. The summed E-state index contributed by atoms with van der Waals surface area (Å²) in [5, 5.41) is 10.4. The van der Waals surface area contributed by atoms with Gasteiger partial charge in [-0.15, -0.1) is 5.10 Å². The summed E-state index contributed by atoms with van der Waals surface area (Å²) < 4.78 is 68.2. The van der Waals surface area contributed by atoms with Crippen molar-refractivity contribution in [3.05, 3.63) is 47.4 Å². The Kier molecular flexibility index (Phi) is 5.21. The van der Waals surface area contributed by atoms with Gasteiger partial charge >= 0.3 is 6.18 Å². The van der Waals surface area contributed by atoms with Crippen LogP contribution in [0.2, 0.25) is 0 Å². The summed E-state index contributed by atoms with van der Waals surface area (Å²) in [4.78, 5) is 19.6. The predicted octanol–water partition coefficient (Wildman–Crippen LogP) is 3.47. The van der Waals surface area contributed by atoms with E-state index in [1.165, 1.54) is 19.3 Å². The SMILES string of the molecule is Cn1nc(C(F)(F)F)nc1C(=O)N[C@@H]1CCCn2nc(-c3ccnc(C(C)(F)F)c3)cc21. The molecular weight excluding hydrogens is 437 g/mol. The Morgan fingerprint density at radius 1 is 1.19 bits per heavy atom. The van der Waals surface area contributed by atoms with E-state index in [0.717, 1.165) is 11.6 Å². The van der Waals surface area contributed by atoms with Gasteiger partial charge in [0, 0.05) is 32.3 Å². The average Bonchev–Trinajstić information content (AvgIpc) is 3.32. The fourth-order valence-electron chi connectivity index (χ4n) is 3.53. The number of pyridine rings is 1. The topological polar surface area (TPSA) is 90.5 Å². The van der Waals surface area contributed by atoms with Crippen LogP contribution in [0.25, 0.3) is 11.3 Å². The molecule has 0 spiro atoms. The van der Waals surface area contributed by atoms with Crippen LogP contribution in [0.3, 0.4) is 0 Å². The molecule has 0 saturated carbocycles. The molecule has 1 amide bonds. The van der Waals surface area contributed by atoms with Crippen molar-refractivity contribution in [2.24, 2.45) is 7.05 Å². The normalized spacial score (nSPS) is 16.7. The molecule has 1 N–H and O–H groups in total. The van der Waals surface area contributed by atoms with Crippen molar-refractivity contribution in [1.82, 2.24) is 34.8 Å². The van der Waals surface area contributed by atoms with Gasteiger partial charge in [-0.2, -0.15) is 32.0 Å². The van der Waals surface area contributed by atoms with Crippen LogP contribution in [0.1, 0.15) is 53.6 Å². The maximum atomic E-state index is 13.6. The van der Waals surface area contributed by atoms with Gasteiger partial charge in [-0.05, 0) is 31.0 Å². The number of nitrogens with one attached hydrogen (secondary N) is 1. The molecule has 32 heavy (non-hydrogen) atoms. The average molecular weight is 455 g/mol. The summed E-state index contributed by atoms with van der Waals surface area (Å²) >= 11 is 0. The lowest BCUT2D eigenvalue weighted by Crippen LogP contribution is -2.34. The van der Waals surface area contributed by atoms with Crippen LogP contribution in [0.5, 0.6) is 0 Å². The van der Waals surface area contributed by atoms with E-state index in [0.29, 0.717) is 36.3 Å². The molecule has 3 aromatic rings. The highest BCUT2D eigenvalue weighted by atomic mass is 19.4. The lowest BCUT2D eigenvalue weighted by Gasteiger charge is -2.24. The highest BCUT2D eigenvalue weighted by Gasteiger charge is 2.38. The highest BCUT2D eigenvalue weighted by molar-refractivity contribution is 5.91. The van der Waals surface area contributed by atoms with E-state index in [-0.39, 0.29) is 0 Å². The van der Waals surface area contributed by atoms with Gasteiger partial charge < -0.3 is 5.32 Å². The molecule has 3 aromatic heterocycles. The number of carbonyl (C=O) groups excluding carboxylic acids is 1. The lowest BCUT2D eigenvalue weighted by atomic mass is 10.0. The van der Waals surface area contributed by atoms with Crippen molar-refractivity contribution in [1.29, 1.82) is 0 Å². The minimum Gasteiger partial charge on any atom is -0.341 e. The molecular formula is C19H18F5N7O. The van der Waals surface area contributed by atoms with E-state index in [4.69, 9.17) is 0 Å². The second-order valence-electron chi connectivity index (χ2n) is 7.54. The van der Waals surface area contributed by atoms with Gasteiger partial charge in [0.25, 0.3) is 17.7 Å². The third kappa shape index (κ3) is 4.18. The van der Waals surface area contributed by atoms with Gasteiger partial charge in [0.1, 0.15) is 5.69 Å². The van der Waals surface area contributed by atoms with E-state index in [1.54, 1.807) is 16.8 Å². The van der Waals surface area contributed by atoms with Crippen LogP contribution < -0.4 is 5.32 Å². The largest absolute Gasteiger partial charge is 0.453 e. The molecule has 1 aliphatic heterocycles. The summed E-state index contributed by atoms with van der Waals surface area (Å²) in [7, 11) is 1.20. The summed E-state index contributed by atoms with van der Waals surface area (Å²) in [6, 6.07) is 3.92. The van der Waals surface area contributed by atoms with Gasteiger partial charge in [-0.3, -0.25) is 14.5 Å². The summed E-state index contributed by atoms with van der Waals surface area (Å²) in [5.74, 6) is -5.80. The first-order chi connectivity index (χ1) is 14.9. The second-order valence-corrected chi connectivity index (χ2v) is 7.54. The minimum atomic E-state index is -4.77. The number of hydrogen-bond acceptors (Lipinski definition) is 5. The number of hydrogen-bond donors (Lipinski definition) is 1. The Bertz CT molecular complexity index is 1160. The van der Waals surface area contributed by atoms with E-state index in [1.807, 2.05) is 0 Å². The number of nitrogens with zero attached hydrogens (tertiary/aromatic N) is 6. The summed E-state index contributed by atoms with van der Waals surface area (Å²) in [6.07, 6.45) is -2.32. The van der Waals surface area contributed by atoms with Crippen molar-refractivity contribution >= 4 is 5.91 Å². The fourth-order valence-corrected chi connectivity index (χ4v) is 3.53. The third-order valence-electron chi connectivity index (χ3n) is 5.06. The Labute approximate surface area is 178 Å². The van der Waals surface area contributed by atoms with Crippen LogP contribution in [-0.4, -0.2) is 35.4 Å². The van der Waals surface area contributed by atoms with E-state index in [9.17, 15) is 26.7 Å². The van der Waals surface area contributed by atoms with Gasteiger partial charge in [0.05, 0.1) is 17.4 Å². The molecule has 0 unspecified atom stereocenters. The number of alkyl halides is 5. The summed E-state index contributed by atoms with van der Waals surface area (Å²) in [6.45, 7) is 1.30. The van der Waals surface area contributed by atoms with Crippen molar-refractivity contribution < 1.29 is 26.7 Å². The maximum Gasteiger partial charge on any atom is 0.453 e. The maximum absolute atomic E-state index is 13.6. The Balaban J connectivity index is 1.60. The predicted molar refractivity (Wildman–Crippen MR) is 100 cm³/mol. The van der Waals surface area contributed by atoms with Crippen LogP contribution in [0.15, 0.2) is 24.4 Å². The van der Waals surface area contributed by atoms with E-state index >= 15 is 0 Å². The molecule has 1 aliphatic rings. The number of aryl methyl sites for hydroxylation is 2. The Morgan fingerprint density at radius 3 is 2.59 bits per heavy atom. The van der Waals surface area contributed by atoms with Crippen molar-refractivity contribution in [3.8, 4) is 11.3 Å². The molecule has 0 aromatic carbocycles. The van der Waals surface area contributed by atoms with Gasteiger partial charge in [-0.1, -0.05) is 0 Å². The first-order valence-electron chi connectivity index (χ1n) is 9.65. The zero-order valence-electron chi connectivity index (χ0n) is 17.0. The number of aromatic nitrogens is 6. The van der Waals surface area contributed by atoms with Crippen molar-refractivity contribution in [3.63, 3.8) is 0 Å². The standard InChI is InChI=1S/C19H18F5N7O/c1-18(20,21)14-8-10(5-6-25-14)12-9-13-11(4-3-7-31(13)28-12)26-16(32)15-27-17(19(22,23)24)29-30(15)2/h5-6,8-9,11H,3-4,7H2,1-2H3,(H,26,32)/t11-/m1/s1. The molecule has 8 nitrogen and oxygen atoms in total. The Morgan fingerprint density at radius 2 is 1.94 bits per heavy atom. The number of halogens is 5. The van der Waals surface area contributed by atoms with E-state index in [2.05, 4.69) is 25.5 Å². The van der Waals surface area contributed by atoms with E-state index < -0.39 is 41.4 Å². The first-order valence-corrected chi connectivity index (χ1v) is 9.65. The number of rotatable bonds is 4. The zero-order chi connectivity index (χ0) is 23.3. The Hall–Kier alpha value is -3.38. The second kappa shape index (κ2) is 7.64. The molecule has 0 aliphatic carbocycles. The molecule has 0 radical (unpaired) electrons. The molecule has 0 fully saturated rings. The fraction of sp³-hybridized carbons (Fsp3) is 0.421. The first kappa shape index (κ1) is 21.8. The highest BCUT2D eigenvalue weighted by Crippen LogP contribution is 2.32. The summed E-state index contributed by atoms with van der Waals surface area (Å²) in [5.41, 5.74) is 1.08. The molecule has 13 heteroatoms. The molecule has 4 rings (SSSR count). The molecule has 4 heterocycles. The molecule has 0 bridgehead atoms.